The average Bonchev–Trinajstić information content (AvgIpc) is 2.64. The molecule has 17 heavy (non-hydrogen) atoms. The average molecular weight is 241 g/mol. The molecule has 0 amide bonds. The number of ether oxygens (including phenoxy) is 1. The molecule has 1 heterocycles. The number of methoxy groups -OCH3 is 1. The third-order valence-corrected chi connectivity index (χ3v) is 2.25. The molecular weight excluding hydrogens is 218 g/mol. The number of aromatic nitrogens is 2. The van der Waals surface area contributed by atoms with Gasteiger partial charge in [0.15, 0.2) is 5.82 Å². The molecule has 0 saturated heterocycles. The second kappa shape index (κ2) is 6.71. The Morgan fingerprint density at radius 3 is 2.71 bits per heavy atom. The zero-order valence-electron chi connectivity index (χ0n) is 11.2. The zero-order chi connectivity index (χ0) is 12.7. The quantitative estimate of drug-likeness (QED) is 0.734. The summed E-state index contributed by atoms with van der Waals surface area (Å²) in [6, 6.07) is 0. The fraction of sp³-hybridized carbons (Fsp3) is 0.833. The molecular formula is C12H23N3O2. The minimum atomic E-state index is 0.126. The number of hydrogen-bond acceptors (Lipinski definition) is 5. The van der Waals surface area contributed by atoms with E-state index in [0.29, 0.717) is 5.89 Å². The van der Waals surface area contributed by atoms with Gasteiger partial charge >= 0.3 is 0 Å². The van der Waals surface area contributed by atoms with Gasteiger partial charge in [-0.2, -0.15) is 4.98 Å². The van der Waals surface area contributed by atoms with Gasteiger partial charge in [0.1, 0.15) is 0 Å². The lowest BCUT2D eigenvalue weighted by molar-refractivity contribution is 0.194. The maximum absolute atomic E-state index is 5.17. The first-order chi connectivity index (χ1) is 8.01. The van der Waals surface area contributed by atoms with Crippen LogP contribution in [0.4, 0.5) is 0 Å². The predicted molar refractivity (Wildman–Crippen MR) is 66.0 cm³/mol. The van der Waals surface area contributed by atoms with Gasteiger partial charge in [-0.3, -0.25) is 0 Å². The van der Waals surface area contributed by atoms with Crippen LogP contribution in [0, 0.1) is 0 Å². The van der Waals surface area contributed by atoms with Crippen molar-refractivity contribution in [2.75, 3.05) is 20.3 Å². The standard InChI is InChI=1S/C12H23N3O2/c1-12(2,3)13-8-7-11-14-10(15-17-11)6-5-9-16-4/h13H,5-9H2,1-4H3. The molecule has 0 aliphatic rings. The van der Waals surface area contributed by atoms with E-state index in [9.17, 15) is 0 Å². The number of aryl methyl sites for hydroxylation is 1. The molecule has 0 atom stereocenters. The third-order valence-electron chi connectivity index (χ3n) is 2.25. The Kier molecular flexibility index (Phi) is 5.58. The summed E-state index contributed by atoms with van der Waals surface area (Å²) in [6.07, 6.45) is 2.51. The van der Waals surface area contributed by atoms with Crippen molar-refractivity contribution >= 4 is 0 Å². The Bertz CT molecular complexity index is 318. The molecule has 0 saturated carbocycles. The highest BCUT2D eigenvalue weighted by atomic mass is 16.5. The summed E-state index contributed by atoms with van der Waals surface area (Å²) in [5.41, 5.74) is 0.126. The van der Waals surface area contributed by atoms with E-state index in [1.54, 1.807) is 7.11 Å². The van der Waals surface area contributed by atoms with Gasteiger partial charge in [-0.15, -0.1) is 0 Å². The molecule has 0 aliphatic heterocycles. The van der Waals surface area contributed by atoms with Crippen LogP contribution in [0.1, 0.15) is 38.9 Å². The van der Waals surface area contributed by atoms with Crippen LogP contribution in [-0.2, 0) is 17.6 Å². The lowest BCUT2D eigenvalue weighted by Gasteiger charge is -2.19. The normalized spacial score (nSPS) is 12.0. The number of hydrogen-bond donors (Lipinski definition) is 1. The fourth-order valence-electron chi connectivity index (χ4n) is 1.41. The molecule has 1 N–H and O–H groups in total. The van der Waals surface area contributed by atoms with Gasteiger partial charge in [0.25, 0.3) is 0 Å². The monoisotopic (exact) mass is 241 g/mol. The highest BCUT2D eigenvalue weighted by Gasteiger charge is 2.10. The minimum Gasteiger partial charge on any atom is -0.385 e. The van der Waals surface area contributed by atoms with Crippen LogP contribution < -0.4 is 5.32 Å². The van der Waals surface area contributed by atoms with Crippen LogP contribution in [-0.4, -0.2) is 35.9 Å². The second-order valence-electron chi connectivity index (χ2n) is 5.13. The molecule has 0 spiro atoms. The summed E-state index contributed by atoms with van der Waals surface area (Å²) in [5, 5.41) is 7.32. The zero-order valence-corrected chi connectivity index (χ0v) is 11.2. The summed E-state index contributed by atoms with van der Waals surface area (Å²) in [7, 11) is 1.69. The topological polar surface area (TPSA) is 60.2 Å². The van der Waals surface area contributed by atoms with Gasteiger partial charge in [-0.25, -0.2) is 0 Å². The maximum Gasteiger partial charge on any atom is 0.227 e. The van der Waals surface area contributed by atoms with Gasteiger partial charge < -0.3 is 14.6 Å². The molecule has 1 aromatic rings. The van der Waals surface area contributed by atoms with Crippen LogP contribution in [0.25, 0.3) is 0 Å². The van der Waals surface area contributed by atoms with Gasteiger partial charge in [-0.05, 0) is 27.2 Å². The first kappa shape index (κ1) is 14.1. The molecule has 0 bridgehead atoms. The first-order valence-corrected chi connectivity index (χ1v) is 6.07. The van der Waals surface area contributed by atoms with E-state index in [0.717, 1.165) is 38.2 Å². The van der Waals surface area contributed by atoms with Crippen molar-refractivity contribution < 1.29 is 9.26 Å². The molecule has 5 nitrogen and oxygen atoms in total. The molecule has 0 aromatic carbocycles. The van der Waals surface area contributed by atoms with E-state index in [1.807, 2.05) is 0 Å². The fourth-order valence-corrected chi connectivity index (χ4v) is 1.41. The molecule has 1 rings (SSSR count). The smallest absolute Gasteiger partial charge is 0.227 e. The summed E-state index contributed by atoms with van der Waals surface area (Å²) in [4.78, 5) is 4.33. The van der Waals surface area contributed by atoms with Crippen molar-refractivity contribution in [1.29, 1.82) is 0 Å². The van der Waals surface area contributed by atoms with E-state index in [4.69, 9.17) is 9.26 Å². The van der Waals surface area contributed by atoms with Gasteiger partial charge in [0.2, 0.25) is 5.89 Å². The lowest BCUT2D eigenvalue weighted by atomic mass is 10.1. The number of nitrogens with zero attached hydrogens (tertiary/aromatic N) is 2. The Labute approximate surface area is 103 Å². The molecule has 0 aliphatic carbocycles. The minimum absolute atomic E-state index is 0.126. The van der Waals surface area contributed by atoms with Crippen LogP contribution in [0.15, 0.2) is 4.52 Å². The van der Waals surface area contributed by atoms with Gasteiger partial charge in [0, 0.05) is 38.6 Å². The van der Waals surface area contributed by atoms with E-state index < -0.39 is 0 Å². The molecule has 98 valence electrons. The third kappa shape index (κ3) is 6.38. The van der Waals surface area contributed by atoms with Crippen molar-refractivity contribution in [2.24, 2.45) is 0 Å². The molecule has 1 aromatic heterocycles. The van der Waals surface area contributed by atoms with Crippen molar-refractivity contribution in [3.8, 4) is 0 Å². The van der Waals surface area contributed by atoms with Gasteiger partial charge in [0.05, 0.1) is 0 Å². The Balaban J connectivity index is 2.26. The van der Waals surface area contributed by atoms with Crippen LogP contribution in [0.5, 0.6) is 0 Å². The predicted octanol–water partition coefficient (Wildman–Crippen LogP) is 1.58. The Morgan fingerprint density at radius 1 is 1.29 bits per heavy atom. The van der Waals surface area contributed by atoms with E-state index in [1.165, 1.54) is 0 Å². The highest BCUT2D eigenvalue weighted by Crippen LogP contribution is 2.03. The molecule has 0 unspecified atom stereocenters. The lowest BCUT2D eigenvalue weighted by Crippen LogP contribution is -2.37. The largest absolute Gasteiger partial charge is 0.385 e. The highest BCUT2D eigenvalue weighted by molar-refractivity contribution is 4.87. The molecule has 0 fully saturated rings. The number of rotatable bonds is 7. The summed E-state index contributed by atoms with van der Waals surface area (Å²) >= 11 is 0. The Morgan fingerprint density at radius 2 is 2.06 bits per heavy atom. The van der Waals surface area contributed by atoms with Crippen molar-refractivity contribution in [2.45, 2.75) is 45.6 Å². The SMILES string of the molecule is COCCCc1noc(CCNC(C)(C)C)n1. The van der Waals surface area contributed by atoms with Crippen LogP contribution in [0.3, 0.4) is 0 Å². The summed E-state index contributed by atoms with van der Waals surface area (Å²) in [6.45, 7) is 7.99. The van der Waals surface area contributed by atoms with Crippen molar-refractivity contribution in [3.05, 3.63) is 11.7 Å². The second-order valence-corrected chi connectivity index (χ2v) is 5.13. The first-order valence-electron chi connectivity index (χ1n) is 6.07. The van der Waals surface area contributed by atoms with Crippen LogP contribution >= 0.6 is 0 Å². The number of nitrogens with one attached hydrogen (secondary N) is 1. The van der Waals surface area contributed by atoms with E-state index in [-0.39, 0.29) is 5.54 Å². The van der Waals surface area contributed by atoms with Gasteiger partial charge in [-0.1, -0.05) is 5.16 Å². The van der Waals surface area contributed by atoms with E-state index >= 15 is 0 Å². The maximum atomic E-state index is 5.17. The molecule has 5 heteroatoms. The van der Waals surface area contributed by atoms with E-state index in [2.05, 4.69) is 36.2 Å². The summed E-state index contributed by atoms with van der Waals surface area (Å²) < 4.78 is 10.1. The molecule has 0 radical (unpaired) electrons. The van der Waals surface area contributed by atoms with Crippen molar-refractivity contribution in [1.82, 2.24) is 15.5 Å². The van der Waals surface area contributed by atoms with Crippen molar-refractivity contribution in [3.63, 3.8) is 0 Å². The summed E-state index contributed by atoms with van der Waals surface area (Å²) in [5.74, 6) is 1.47. The van der Waals surface area contributed by atoms with Crippen LogP contribution in [0.2, 0.25) is 0 Å². The Hall–Kier alpha value is -0.940.